The first-order chi connectivity index (χ1) is 12.3. The van der Waals surface area contributed by atoms with E-state index in [2.05, 4.69) is 15.2 Å². The van der Waals surface area contributed by atoms with E-state index in [0.29, 0.717) is 24.1 Å². The molecule has 3 aliphatic rings. The van der Waals surface area contributed by atoms with Gasteiger partial charge in [0.25, 0.3) is 5.91 Å². The Kier molecular flexibility index (Phi) is 5.68. The minimum Gasteiger partial charge on any atom is -0.376 e. The lowest BCUT2D eigenvalue weighted by molar-refractivity contribution is 0.0643. The molecule has 3 heterocycles. The molecule has 25 heavy (non-hydrogen) atoms. The largest absolute Gasteiger partial charge is 0.376 e. The Balaban J connectivity index is 1.28. The zero-order valence-corrected chi connectivity index (χ0v) is 15.7. The van der Waals surface area contributed by atoms with Crippen molar-refractivity contribution in [1.82, 2.24) is 15.2 Å². The van der Waals surface area contributed by atoms with Crippen LogP contribution in [-0.4, -0.2) is 54.7 Å². The zero-order valence-electron chi connectivity index (χ0n) is 14.9. The molecule has 1 N–H and O–H groups in total. The molecule has 138 valence electrons. The number of carbonyl (C=O) groups excluding carboxylic acids is 1. The normalized spacial score (nSPS) is 31.0. The van der Waals surface area contributed by atoms with Crippen molar-refractivity contribution in [1.29, 1.82) is 0 Å². The van der Waals surface area contributed by atoms with Crippen LogP contribution in [0, 0.1) is 17.8 Å². The highest BCUT2D eigenvalue weighted by Gasteiger charge is 2.41. The number of hydrogen-bond acceptors (Lipinski definition) is 5. The highest BCUT2D eigenvalue weighted by atomic mass is 32.1. The molecule has 0 bridgehead atoms. The lowest BCUT2D eigenvalue weighted by Gasteiger charge is -2.38. The van der Waals surface area contributed by atoms with Crippen molar-refractivity contribution >= 4 is 17.2 Å². The SMILES string of the molecule is O=C(NC[C@H]1OC[C@@H]2CCN(CC3CCCCC3)C[C@@H]21)c1cscn1. The molecule has 4 rings (SSSR count). The van der Waals surface area contributed by atoms with Crippen LogP contribution in [0.3, 0.4) is 0 Å². The zero-order chi connectivity index (χ0) is 17.1. The van der Waals surface area contributed by atoms with Crippen molar-refractivity contribution < 1.29 is 9.53 Å². The summed E-state index contributed by atoms with van der Waals surface area (Å²) in [5.74, 6) is 2.05. The molecule has 1 aromatic rings. The van der Waals surface area contributed by atoms with Crippen LogP contribution in [0.4, 0.5) is 0 Å². The molecule has 1 aromatic heterocycles. The summed E-state index contributed by atoms with van der Waals surface area (Å²) in [6, 6.07) is 0. The first-order valence-electron chi connectivity index (χ1n) is 9.80. The minimum absolute atomic E-state index is 0.0804. The van der Waals surface area contributed by atoms with Gasteiger partial charge in [-0.1, -0.05) is 19.3 Å². The Morgan fingerprint density at radius 1 is 1.32 bits per heavy atom. The standard InChI is InChI=1S/C19H29N3O2S/c23-19(17-12-25-13-21-17)20-8-18-16-10-22(7-6-15(16)11-24-18)9-14-4-2-1-3-5-14/h12-16,18H,1-11H2,(H,20,23)/t15-,16-,18+/m0/s1. The number of hydrogen-bond donors (Lipinski definition) is 1. The predicted octanol–water partition coefficient (Wildman–Crippen LogP) is 2.79. The lowest BCUT2D eigenvalue weighted by atomic mass is 9.83. The molecule has 0 radical (unpaired) electrons. The fraction of sp³-hybridized carbons (Fsp3) is 0.789. The molecular formula is C19H29N3O2S. The van der Waals surface area contributed by atoms with E-state index in [4.69, 9.17) is 4.74 Å². The number of aromatic nitrogens is 1. The number of ether oxygens (including phenoxy) is 1. The highest BCUT2D eigenvalue weighted by Crippen LogP contribution is 2.35. The molecule has 5 nitrogen and oxygen atoms in total. The van der Waals surface area contributed by atoms with Gasteiger partial charge in [-0.2, -0.15) is 0 Å². The molecule has 0 aromatic carbocycles. The maximum absolute atomic E-state index is 12.1. The molecule has 3 atom stereocenters. The van der Waals surface area contributed by atoms with Crippen molar-refractivity contribution in [2.24, 2.45) is 17.8 Å². The Morgan fingerprint density at radius 2 is 2.20 bits per heavy atom. The summed E-state index contributed by atoms with van der Waals surface area (Å²) in [5.41, 5.74) is 2.21. The second-order valence-corrected chi connectivity index (χ2v) is 8.65. The van der Waals surface area contributed by atoms with Gasteiger partial charge < -0.3 is 15.0 Å². The molecule has 1 amide bonds. The molecule has 0 unspecified atom stereocenters. The van der Waals surface area contributed by atoms with Gasteiger partial charge in [-0.05, 0) is 37.6 Å². The van der Waals surface area contributed by atoms with Crippen molar-refractivity contribution in [3.05, 3.63) is 16.6 Å². The summed E-state index contributed by atoms with van der Waals surface area (Å²) in [7, 11) is 0. The van der Waals surface area contributed by atoms with Crippen LogP contribution in [0.15, 0.2) is 10.9 Å². The Bertz CT molecular complexity index is 559. The molecule has 0 spiro atoms. The number of nitrogens with one attached hydrogen (secondary N) is 1. The number of rotatable bonds is 5. The van der Waals surface area contributed by atoms with Gasteiger partial charge in [0.1, 0.15) is 5.69 Å². The summed E-state index contributed by atoms with van der Waals surface area (Å²) in [4.78, 5) is 18.9. The maximum Gasteiger partial charge on any atom is 0.270 e. The van der Waals surface area contributed by atoms with Crippen LogP contribution in [0.2, 0.25) is 0 Å². The van der Waals surface area contributed by atoms with E-state index >= 15 is 0 Å². The van der Waals surface area contributed by atoms with E-state index in [1.54, 1.807) is 10.9 Å². The molecule has 2 aliphatic heterocycles. The van der Waals surface area contributed by atoms with Crippen molar-refractivity contribution in [2.75, 3.05) is 32.8 Å². The van der Waals surface area contributed by atoms with E-state index in [1.165, 1.54) is 63.0 Å². The van der Waals surface area contributed by atoms with Crippen molar-refractivity contribution in [2.45, 2.75) is 44.6 Å². The fourth-order valence-corrected chi connectivity index (χ4v) is 5.35. The third-order valence-corrected chi connectivity index (χ3v) is 6.85. The summed E-state index contributed by atoms with van der Waals surface area (Å²) < 4.78 is 6.05. The van der Waals surface area contributed by atoms with E-state index < -0.39 is 0 Å². The van der Waals surface area contributed by atoms with Crippen molar-refractivity contribution in [3.8, 4) is 0 Å². The minimum atomic E-state index is -0.0804. The second kappa shape index (κ2) is 8.14. The number of nitrogens with zero attached hydrogens (tertiary/aromatic N) is 2. The number of carbonyl (C=O) groups is 1. The molecular weight excluding hydrogens is 334 g/mol. The average Bonchev–Trinajstić information content (AvgIpc) is 3.31. The third kappa shape index (κ3) is 4.23. The highest BCUT2D eigenvalue weighted by molar-refractivity contribution is 7.07. The fourth-order valence-electron chi connectivity index (χ4n) is 4.82. The van der Waals surface area contributed by atoms with Crippen LogP contribution >= 0.6 is 11.3 Å². The van der Waals surface area contributed by atoms with Crippen LogP contribution in [-0.2, 0) is 4.74 Å². The van der Waals surface area contributed by atoms with Gasteiger partial charge in [0.2, 0.25) is 0 Å². The van der Waals surface area contributed by atoms with Crippen LogP contribution < -0.4 is 5.32 Å². The van der Waals surface area contributed by atoms with E-state index in [9.17, 15) is 4.79 Å². The predicted molar refractivity (Wildman–Crippen MR) is 98.8 cm³/mol. The number of likely N-dealkylation sites (tertiary alicyclic amines) is 1. The molecule has 1 aliphatic carbocycles. The second-order valence-electron chi connectivity index (χ2n) is 7.93. The maximum atomic E-state index is 12.1. The lowest BCUT2D eigenvalue weighted by Crippen LogP contribution is -2.46. The van der Waals surface area contributed by atoms with Gasteiger partial charge in [-0.25, -0.2) is 4.98 Å². The van der Waals surface area contributed by atoms with Crippen molar-refractivity contribution in [3.63, 3.8) is 0 Å². The van der Waals surface area contributed by atoms with Gasteiger partial charge in [-0.15, -0.1) is 11.3 Å². The molecule has 3 fully saturated rings. The first kappa shape index (κ1) is 17.4. The van der Waals surface area contributed by atoms with Gasteiger partial charge in [0, 0.05) is 30.9 Å². The summed E-state index contributed by atoms with van der Waals surface area (Å²) >= 11 is 1.45. The van der Waals surface area contributed by atoms with Crippen LogP contribution in [0.5, 0.6) is 0 Å². The van der Waals surface area contributed by atoms with Gasteiger partial charge >= 0.3 is 0 Å². The van der Waals surface area contributed by atoms with Crippen LogP contribution in [0.1, 0.15) is 49.0 Å². The van der Waals surface area contributed by atoms with Crippen LogP contribution in [0.25, 0.3) is 0 Å². The third-order valence-electron chi connectivity index (χ3n) is 6.26. The monoisotopic (exact) mass is 363 g/mol. The van der Waals surface area contributed by atoms with Gasteiger partial charge in [0.15, 0.2) is 0 Å². The summed E-state index contributed by atoms with van der Waals surface area (Å²) in [6.45, 7) is 5.09. The Labute approximate surface area is 154 Å². The van der Waals surface area contributed by atoms with E-state index in [1.807, 2.05) is 0 Å². The average molecular weight is 364 g/mol. The summed E-state index contributed by atoms with van der Waals surface area (Å²) in [6.07, 6.45) is 8.48. The molecule has 1 saturated carbocycles. The Hall–Kier alpha value is -0.980. The Morgan fingerprint density at radius 3 is 3.00 bits per heavy atom. The quantitative estimate of drug-likeness (QED) is 0.874. The smallest absolute Gasteiger partial charge is 0.270 e. The summed E-state index contributed by atoms with van der Waals surface area (Å²) in [5, 5.41) is 4.81. The van der Waals surface area contributed by atoms with Gasteiger partial charge in [-0.3, -0.25) is 4.79 Å². The topological polar surface area (TPSA) is 54.5 Å². The van der Waals surface area contributed by atoms with E-state index in [0.717, 1.165) is 19.1 Å². The molecule has 6 heteroatoms. The van der Waals surface area contributed by atoms with Gasteiger partial charge in [0.05, 0.1) is 18.2 Å². The number of piperidine rings is 1. The number of thiazole rings is 1. The first-order valence-corrected chi connectivity index (χ1v) is 10.7. The number of amides is 1. The molecule has 2 saturated heterocycles. The number of fused-ring (bicyclic) bond motifs is 1. The van der Waals surface area contributed by atoms with E-state index in [-0.39, 0.29) is 12.0 Å².